The smallest absolute Gasteiger partial charge is 0.304 e. The first-order chi connectivity index (χ1) is 39.1. The van der Waals surface area contributed by atoms with Crippen molar-refractivity contribution >= 4 is 0 Å². The molecule has 342 valence electrons. The van der Waals surface area contributed by atoms with E-state index in [1.165, 1.54) is 42.6 Å². The molecule has 0 atom stereocenters. The van der Waals surface area contributed by atoms with Crippen molar-refractivity contribution in [3.8, 4) is 78.3 Å². The van der Waals surface area contributed by atoms with Crippen molar-refractivity contribution in [2.75, 3.05) is 0 Å². The number of rotatable bonds is 13. The summed E-state index contributed by atoms with van der Waals surface area (Å²) in [5.41, 5.74) is 0.672. The van der Waals surface area contributed by atoms with E-state index in [2.05, 4.69) is 28.2 Å². The monoisotopic (exact) mass is 1110 g/mol. The van der Waals surface area contributed by atoms with Crippen molar-refractivity contribution in [1.82, 2.24) is 15.0 Å². The summed E-state index contributed by atoms with van der Waals surface area (Å²) in [4.78, 5) is 13.3. The molecule has 3 nitrogen and oxygen atoms in total. The van der Waals surface area contributed by atoms with Gasteiger partial charge in [0.2, 0.25) is 0 Å². The number of hydrogen-bond donors (Lipinski definition) is 0. The van der Waals surface area contributed by atoms with E-state index in [0.717, 1.165) is 72.1 Å². The third-order valence-corrected chi connectivity index (χ3v) is 11.3. The Morgan fingerprint density at radius 3 is 1.54 bits per heavy atom. The average molecular weight is 1110 g/mol. The predicted octanol–water partition coefficient (Wildman–Crippen LogP) is 15.5. The molecule has 3 heterocycles. The van der Waals surface area contributed by atoms with Crippen molar-refractivity contribution in [1.29, 1.82) is 0 Å². The predicted molar refractivity (Wildman–Crippen MR) is 271 cm³/mol. The quantitative estimate of drug-likeness (QED) is 0.108. The molecule has 0 aliphatic carbocycles. The van der Waals surface area contributed by atoms with Crippen LogP contribution >= 0.6 is 0 Å². The van der Waals surface area contributed by atoms with E-state index in [9.17, 15) is 19.7 Å². The number of hydrogen-bond acceptors (Lipinski definition) is 3. The van der Waals surface area contributed by atoms with E-state index in [1.54, 1.807) is 18.2 Å². The Morgan fingerprint density at radius 2 is 0.971 bits per heavy atom. The number of aryl methyl sites for hydroxylation is 6. The first-order valence-electron chi connectivity index (χ1n) is 28.6. The standard InChI is InChI=1S/C63H45F3N3.Ir/c1-41-31-61(49-21-25-54(64)26-22-49)67-38-51(41)15-13-43-33-44(14-16-52-39-68-62(32-42(52)2)50-23-27-55(65)28-24-50)35-53(34-43)57-30-29-56(66)36-59(57)60-40-69-63(48-11-7-4-8-12-48)37-58(60)47-19-17-46(18-20-47)45-9-5-3-6-10-45;/h3-11,17-21,23,25-40H,13-16H2,1-2H3;/q-3;+3/i1D3,2D3,13D2,14D2,15D2,16D2;. The Hall–Kier alpha value is -7.57. The van der Waals surface area contributed by atoms with E-state index < -0.39 is 90.0 Å². The third-order valence-electron chi connectivity index (χ3n) is 11.3. The molecule has 10 aromatic rings. The summed E-state index contributed by atoms with van der Waals surface area (Å²) in [5.74, 6) is -2.02. The zero-order valence-corrected chi connectivity index (χ0v) is 39.1. The van der Waals surface area contributed by atoms with Gasteiger partial charge >= 0.3 is 20.1 Å². The third kappa shape index (κ3) is 10.8. The summed E-state index contributed by atoms with van der Waals surface area (Å²) in [5, 5.41) is 0. The molecule has 3 aromatic heterocycles. The Morgan fingerprint density at radius 1 is 0.429 bits per heavy atom. The average Bonchev–Trinajstić information content (AvgIpc) is 1.80. The zero-order chi connectivity index (χ0) is 59.4. The molecule has 0 amide bonds. The van der Waals surface area contributed by atoms with Crippen LogP contribution in [0.5, 0.6) is 0 Å². The van der Waals surface area contributed by atoms with Gasteiger partial charge in [0.1, 0.15) is 5.82 Å². The van der Waals surface area contributed by atoms with Gasteiger partial charge in [-0.15, -0.1) is 95.6 Å². The van der Waals surface area contributed by atoms with Gasteiger partial charge in [0.25, 0.3) is 0 Å². The number of nitrogens with zero attached hydrogens (tertiary/aromatic N) is 3. The van der Waals surface area contributed by atoms with Crippen LogP contribution in [0.4, 0.5) is 13.2 Å². The minimum Gasteiger partial charge on any atom is -0.304 e. The van der Waals surface area contributed by atoms with Gasteiger partial charge in [0, 0.05) is 55.0 Å². The summed E-state index contributed by atoms with van der Waals surface area (Å²) in [7, 11) is 0. The summed E-state index contributed by atoms with van der Waals surface area (Å²) < 4.78 is 173. The van der Waals surface area contributed by atoms with Gasteiger partial charge in [-0.25, -0.2) is 4.39 Å². The van der Waals surface area contributed by atoms with Gasteiger partial charge in [-0.1, -0.05) is 108 Å². The number of benzene rings is 7. The molecule has 0 fully saturated rings. The SMILES string of the molecule is [2H]C([2H])([2H])c1cc(-c2[c-]cc(F)cc2)ncc1C([2H])([2H])C([2H])([2H])c1cc(-c2ccc(F)cc2-c2cnc(-c3[c-]cccc3)cc2-c2ccc(-c3ccccc3)cc2)cc(C([2H])([2H])C([2H])([2H])c2cnc(-c3[c-]cc(F)cc3)cc2C([2H])([2H])[2H])c1.[Ir+3]. The largest absolute Gasteiger partial charge is 3.00 e. The maximum Gasteiger partial charge on any atom is 3.00 e. The number of aromatic nitrogens is 3. The number of halogens is 3. The maximum atomic E-state index is 16.1. The van der Waals surface area contributed by atoms with Crippen LogP contribution < -0.4 is 0 Å². The van der Waals surface area contributed by atoms with Gasteiger partial charge in [-0.2, -0.15) is 0 Å². The fourth-order valence-corrected chi connectivity index (χ4v) is 7.81. The molecule has 0 aliphatic heterocycles. The van der Waals surface area contributed by atoms with Crippen molar-refractivity contribution in [3.05, 3.63) is 257 Å². The molecule has 0 saturated carbocycles. The first kappa shape index (κ1) is 33.0. The summed E-state index contributed by atoms with van der Waals surface area (Å²) >= 11 is 0. The Bertz CT molecular complexity index is 3890. The molecule has 0 radical (unpaired) electrons. The van der Waals surface area contributed by atoms with Gasteiger partial charge in [0.05, 0.1) is 0 Å². The molecule has 70 heavy (non-hydrogen) atoms. The van der Waals surface area contributed by atoms with Crippen LogP contribution in [-0.2, 0) is 45.6 Å². The van der Waals surface area contributed by atoms with Crippen LogP contribution in [0.25, 0.3) is 78.3 Å². The van der Waals surface area contributed by atoms with Crippen LogP contribution in [0.3, 0.4) is 0 Å². The minimum atomic E-state index is -3.38. The Kier molecular flexibility index (Phi) is 10.1. The Labute approximate surface area is 440 Å². The van der Waals surface area contributed by atoms with E-state index in [4.69, 9.17) is 13.2 Å². The topological polar surface area (TPSA) is 38.7 Å². The van der Waals surface area contributed by atoms with Gasteiger partial charge in [-0.3, -0.25) is 8.78 Å². The van der Waals surface area contributed by atoms with E-state index in [0.29, 0.717) is 27.9 Å². The second kappa shape index (κ2) is 21.4. The molecule has 0 saturated heterocycles. The summed E-state index contributed by atoms with van der Waals surface area (Å²) in [6, 6.07) is 50.3. The van der Waals surface area contributed by atoms with Crippen molar-refractivity contribution in [2.24, 2.45) is 0 Å². The van der Waals surface area contributed by atoms with E-state index >= 15 is 4.39 Å². The van der Waals surface area contributed by atoms with Crippen molar-refractivity contribution in [3.63, 3.8) is 0 Å². The second-order valence-corrected chi connectivity index (χ2v) is 15.9. The number of pyridine rings is 3. The van der Waals surface area contributed by atoms with Crippen LogP contribution in [0.15, 0.2) is 188 Å². The van der Waals surface area contributed by atoms with E-state index in [1.807, 2.05) is 66.7 Å². The van der Waals surface area contributed by atoms with Crippen LogP contribution in [0.2, 0.25) is 0 Å². The molecule has 0 spiro atoms. The van der Waals surface area contributed by atoms with Crippen LogP contribution in [0.1, 0.15) is 52.6 Å². The first-order valence-corrected chi connectivity index (χ1v) is 21.6. The van der Waals surface area contributed by atoms with Gasteiger partial charge in [0.15, 0.2) is 0 Å². The van der Waals surface area contributed by atoms with Crippen molar-refractivity contribution < 1.29 is 52.5 Å². The minimum absolute atomic E-state index is 0. The molecule has 0 aliphatic rings. The summed E-state index contributed by atoms with van der Waals surface area (Å²) in [6.45, 7) is -6.22. The fraction of sp³-hybridized carbons (Fsp3) is 0.0952. The molecule has 7 aromatic carbocycles. The molecule has 0 N–H and O–H groups in total. The second-order valence-electron chi connectivity index (χ2n) is 15.9. The molecule has 10 rings (SSSR count). The molecule has 0 unspecified atom stereocenters. The van der Waals surface area contributed by atoms with Gasteiger partial charge < -0.3 is 15.0 Å². The maximum absolute atomic E-state index is 16.1. The van der Waals surface area contributed by atoms with Gasteiger partial charge in [-0.05, 0) is 130 Å². The van der Waals surface area contributed by atoms with E-state index in [-0.39, 0.29) is 59.3 Å². The van der Waals surface area contributed by atoms with Crippen molar-refractivity contribution in [2.45, 2.75) is 39.2 Å². The molecule has 7 heteroatoms. The summed E-state index contributed by atoms with van der Waals surface area (Å²) in [6.07, 6.45) is -10.3. The Balaban J connectivity index is 0.00000846. The zero-order valence-electron chi connectivity index (χ0n) is 50.7. The molecule has 0 bridgehead atoms. The van der Waals surface area contributed by atoms with Crippen LogP contribution in [-0.4, -0.2) is 15.0 Å². The molecular formula is C63H45F3IrN3. The van der Waals surface area contributed by atoms with Crippen LogP contribution in [0, 0.1) is 49.4 Å². The molecular weight excluding hydrogens is 1050 g/mol. The fourth-order valence-electron chi connectivity index (χ4n) is 7.81. The normalized spacial score (nSPS) is 15.2.